The van der Waals surface area contributed by atoms with Crippen molar-refractivity contribution in [1.82, 2.24) is 9.13 Å². The van der Waals surface area contributed by atoms with Gasteiger partial charge < -0.3 is 9.13 Å². The molecule has 2 aromatic heterocycles. The first-order chi connectivity index (χ1) is 24.9. The number of hydrogen-bond donors (Lipinski definition) is 0. The molecule has 0 saturated carbocycles. The minimum absolute atomic E-state index is 0.0443. The lowest BCUT2D eigenvalue weighted by Crippen LogP contribution is -2.14. The standard InChI is InChI=1S/C48H46N4/c1-47(2,3)27-31-16-18-45-42(23-31)40-12-8-10-14-44(40)51(45)37-21-33(29-49)19-35(25-37)36-20-34(30-50)22-38(26-36)52-43-13-9-7-11-39(43)41-17-15-32(24-46(41)52)28-48(4,5)6/h8-10,12-21,23-26,38H,7,11,22,27-28H2,1-6H3. The van der Waals surface area contributed by atoms with Crippen LogP contribution < -0.4 is 0 Å². The predicted molar refractivity (Wildman–Crippen MR) is 216 cm³/mol. The van der Waals surface area contributed by atoms with Crippen LogP contribution in [-0.2, 0) is 19.3 Å². The smallest absolute Gasteiger partial charge is 0.0992 e. The molecule has 0 aliphatic heterocycles. The van der Waals surface area contributed by atoms with Crippen molar-refractivity contribution in [1.29, 1.82) is 10.5 Å². The summed E-state index contributed by atoms with van der Waals surface area (Å²) in [5, 5.41) is 24.5. The Hall–Kier alpha value is -5.58. The van der Waals surface area contributed by atoms with E-state index in [-0.39, 0.29) is 16.9 Å². The van der Waals surface area contributed by atoms with E-state index >= 15 is 0 Å². The lowest BCUT2D eigenvalue weighted by atomic mass is 9.87. The maximum absolute atomic E-state index is 10.4. The topological polar surface area (TPSA) is 57.4 Å². The Kier molecular flexibility index (Phi) is 8.12. The summed E-state index contributed by atoms with van der Waals surface area (Å²) in [6.07, 6.45) is 13.6. The van der Waals surface area contributed by atoms with Gasteiger partial charge in [-0.2, -0.15) is 10.5 Å². The molecule has 1 atom stereocenters. The Morgan fingerprint density at radius 3 is 2.21 bits per heavy atom. The van der Waals surface area contributed by atoms with E-state index in [2.05, 4.69) is 148 Å². The third kappa shape index (κ3) is 6.18. The number of fused-ring (bicyclic) bond motifs is 6. The van der Waals surface area contributed by atoms with Crippen molar-refractivity contribution in [3.63, 3.8) is 0 Å². The number of aryl methyl sites for hydroxylation is 1. The second kappa shape index (κ2) is 12.6. The molecule has 6 aromatic rings. The van der Waals surface area contributed by atoms with Crippen LogP contribution in [0.4, 0.5) is 0 Å². The summed E-state index contributed by atoms with van der Waals surface area (Å²) in [5.41, 5.74) is 13.3. The predicted octanol–water partition coefficient (Wildman–Crippen LogP) is 12.2. The van der Waals surface area contributed by atoms with E-state index in [4.69, 9.17) is 0 Å². The number of para-hydroxylation sites is 1. The van der Waals surface area contributed by atoms with Crippen molar-refractivity contribution in [3.05, 3.63) is 136 Å². The Balaban J connectivity index is 1.30. The molecule has 0 fully saturated rings. The second-order valence-electron chi connectivity index (χ2n) is 17.3. The molecule has 0 N–H and O–H groups in total. The molecule has 8 rings (SSSR count). The molecule has 0 bridgehead atoms. The average Bonchev–Trinajstić information content (AvgIpc) is 3.62. The van der Waals surface area contributed by atoms with Gasteiger partial charge in [-0.3, -0.25) is 0 Å². The first-order valence-electron chi connectivity index (χ1n) is 18.6. The lowest BCUT2D eigenvalue weighted by Gasteiger charge is -2.25. The molecule has 2 aliphatic rings. The molecule has 4 aromatic carbocycles. The minimum Gasteiger partial charge on any atom is -0.333 e. The molecule has 0 radical (unpaired) electrons. The van der Waals surface area contributed by atoms with Gasteiger partial charge in [0, 0.05) is 45.1 Å². The van der Waals surface area contributed by atoms with Crippen molar-refractivity contribution in [3.8, 4) is 17.8 Å². The maximum Gasteiger partial charge on any atom is 0.0992 e. The van der Waals surface area contributed by atoms with Gasteiger partial charge in [-0.15, -0.1) is 0 Å². The van der Waals surface area contributed by atoms with Crippen LogP contribution in [0.25, 0.3) is 50.0 Å². The molecule has 4 heteroatoms. The van der Waals surface area contributed by atoms with E-state index in [0.717, 1.165) is 59.1 Å². The lowest BCUT2D eigenvalue weighted by molar-refractivity contribution is 0.411. The Labute approximate surface area is 307 Å². The molecule has 1 unspecified atom stereocenters. The fourth-order valence-electron chi connectivity index (χ4n) is 8.59. The average molecular weight is 679 g/mol. The SMILES string of the molecule is CC(C)(C)Cc1ccc2c(c1)c1ccccc1n2-c1cc(C#N)cc(C2=CC(n3c4c(c5ccc(CC(C)(C)C)cc53)CCC=C4)CC(C#N)=C2)c1. The maximum atomic E-state index is 10.4. The first-order valence-corrected chi connectivity index (χ1v) is 18.6. The number of nitriles is 2. The van der Waals surface area contributed by atoms with Crippen LogP contribution >= 0.6 is 0 Å². The largest absolute Gasteiger partial charge is 0.333 e. The second-order valence-corrected chi connectivity index (χ2v) is 17.3. The first kappa shape index (κ1) is 33.6. The van der Waals surface area contributed by atoms with E-state index in [1.165, 1.54) is 44.1 Å². The highest BCUT2D eigenvalue weighted by atomic mass is 15.0. The molecule has 258 valence electrons. The van der Waals surface area contributed by atoms with Crippen LogP contribution in [-0.4, -0.2) is 9.13 Å². The number of allylic oxidation sites excluding steroid dienone is 5. The Morgan fingerprint density at radius 1 is 0.731 bits per heavy atom. The van der Waals surface area contributed by atoms with Crippen LogP contribution in [0.2, 0.25) is 0 Å². The zero-order chi connectivity index (χ0) is 36.4. The molecule has 0 saturated heterocycles. The van der Waals surface area contributed by atoms with Crippen LogP contribution in [0.5, 0.6) is 0 Å². The van der Waals surface area contributed by atoms with Crippen molar-refractivity contribution >= 4 is 44.4 Å². The van der Waals surface area contributed by atoms with Gasteiger partial charge >= 0.3 is 0 Å². The van der Waals surface area contributed by atoms with Gasteiger partial charge in [0.1, 0.15) is 0 Å². The van der Waals surface area contributed by atoms with Crippen molar-refractivity contribution in [2.24, 2.45) is 10.8 Å². The van der Waals surface area contributed by atoms with Gasteiger partial charge in [0.2, 0.25) is 0 Å². The summed E-state index contributed by atoms with van der Waals surface area (Å²) >= 11 is 0. The fourth-order valence-corrected chi connectivity index (χ4v) is 8.59. The number of hydrogen-bond acceptors (Lipinski definition) is 2. The monoisotopic (exact) mass is 678 g/mol. The van der Waals surface area contributed by atoms with Gasteiger partial charge in [0.15, 0.2) is 0 Å². The number of nitrogens with zero attached hydrogens (tertiary/aromatic N) is 4. The highest BCUT2D eigenvalue weighted by molar-refractivity contribution is 6.09. The summed E-state index contributed by atoms with van der Waals surface area (Å²) in [5.74, 6) is 0. The third-order valence-corrected chi connectivity index (χ3v) is 10.5. The van der Waals surface area contributed by atoms with Gasteiger partial charge in [-0.1, -0.05) is 90.1 Å². The quantitative estimate of drug-likeness (QED) is 0.182. The van der Waals surface area contributed by atoms with Crippen LogP contribution in [0, 0.1) is 33.5 Å². The molecule has 2 heterocycles. The highest BCUT2D eigenvalue weighted by Crippen LogP contribution is 2.41. The zero-order valence-corrected chi connectivity index (χ0v) is 31.2. The van der Waals surface area contributed by atoms with Crippen molar-refractivity contribution < 1.29 is 0 Å². The van der Waals surface area contributed by atoms with E-state index in [1.54, 1.807) is 0 Å². The third-order valence-electron chi connectivity index (χ3n) is 10.5. The van der Waals surface area contributed by atoms with E-state index in [9.17, 15) is 10.5 Å². The van der Waals surface area contributed by atoms with E-state index in [1.807, 2.05) is 18.2 Å². The van der Waals surface area contributed by atoms with E-state index in [0.29, 0.717) is 12.0 Å². The number of aromatic nitrogens is 2. The van der Waals surface area contributed by atoms with Gasteiger partial charge in [-0.25, -0.2) is 0 Å². The summed E-state index contributed by atoms with van der Waals surface area (Å²) in [6, 6.07) is 33.5. The van der Waals surface area contributed by atoms with Gasteiger partial charge in [0.25, 0.3) is 0 Å². The summed E-state index contributed by atoms with van der Waals surface area (Å²) in [7, 11) is 0. The van der Waals surface area contributed by atoms with E-state index < -0.39 is 0 Å². The van der Waals surface area contributed by atoms with Crippen molar-refractivity contribution in [2.45, 2.75) is 79.7 Å². The fraction of sp³-hybridized carbons (Fsp3) is 0.292. The number of benzene rings is 4. The summed E-state index contributed by atoms with van der Waals surface area (Å²) in [6.45, 7) is 13.7. The Morgan fingerprint density at radius 2 is 1.46 bits per heavy atom. The molecule has 0 amide bonds. The minimum atomic E-state index is -0.0443. The van der Waals surface area contributed by atoms with Crippen LogP contribution in [0.3, 0.4) is 0 Å². The molecule has 4 nitrogen and oxygen atoms in total. The Bertz CT molecular complexity index is 2590. The molecule has 0 spiro atoms. The summed E-state index contributed by atoms with van der Waals surface area (Å²) < 4.78 is 4.77. The molecular weight excluding hydrogens is 633 g/mol. The molecule has 2 aliphatic carbocycles. The highest BCUT2D eigenvalue weighted by Gasteiger charge is 2.26. The number of rotatable bonds is 5. The van der Waals surface area contributed by atoms with Gasteiger partial charge in [-0.05, 0) is 119 Å². The van der Waals surface area contributed by atoms with Gasteiger partial charge in [0.05, 0.1) is 34.8 Å². The van der Waals surface area contributed by atoms with Crippen molar-refractivity contribution in [2.75, 3.05) is 0 Å². The van der Waals surface area contributed by atoms with Crippen LogP contribution in [0.15, 0.2) is 103 Å². The normalized spacial score (nSPS) is 16.1. The molecule has 52 heavy (non-hydrogen) atoms. The zero-order valence-electron chi connectivity index (χ0n) is 31.2. The molecular formula is C48H46N4. The summed E-state index contributed by atoms with van der Waals surface area (Å²) in [4.78, 5) is 0. The van der Waals surface area contributed by atoms with Crippen LogP contribution in [0.1, 0.15) is 93.9 Å².